The third-order valence-corrected chi connectivity index (χ3v) is 8.88. The van der Waals surface area contributed by atoms with Crippen molar-refractivity contribution in [3.8, 4) is 0 Å². The number of hydrogen-bond acceptors (Lipinski definition) is 6. The summed E-state index contributed by atoms with van der Waals surface area (Å²) >= 11 is 0. The molecule has 0 atom stereocenters. The Morgan fingerprint density at radius 3 is 1.65 bits per heavy atom. The van der Waals surface area contributed by atoms with Crippen LogP contribution < -0.4 is 10.2 Å². The first-order valence-electron chi connectivity index (χ1n) is 15.8. The van der Waals surface area contributed by atoms with Gasteiger partial charge in [-0.15, -0.1) is 0 Å². The molecule has 256 valence electrons. The lowest BCUT2D eigenvalue weighted by Gasteiger charge is -2.37. The SMILES string of the molecule is CCN(c1cc(C(F)(F)F)cc(C(=O)OC)c1C)C1CCCCC1.COC(=O)c1cc(C(F)(F)F)cc(NC2CCCCC2)c1C. The van der Waals surface area contributed by atoms with E-state index in [9.17, 15) is 35.9 Å². The largest absolute Gasteiger partial charge is 0.465 e. The van der Waals surface area contributed by atoms with E-state index in [1.807, 2.05) is 11.8 Å². The smallest absolute Gasteiger partial charge is 0.416 e. The lowest BCUT2D eigenvalue weighted by Crippen LogP contribution is -2.37. The minimum Gasteiger partial charge on any atom is -0.465 e. The zero-order valence-corrected chi connectivity index (χ0v) is 27.1. The van der Waals surface area contributed by atoms with Gasteiger partial charge in [0.1, 0.15) is 0 Å². The Balaban J connectivity index is 0.000000251. The Morgan fingerprint density at radius 2 is 1.20 bits per heavy atom. The average molecular weight is 659 g/mol. The van der Waals surface area contributed by atoms with Gasteiger partial charge in [-0.1, -0.05) is 38.5 Å². The second-order valence-corrected chi connectivity index (χ2v) is 11.9. The van der Waals surface area contributed by atoms with Gasteiger partial charge in [0.15, 0.2) is 0 Å². The number of benzene rings is 2. The molecule has 2 saturated carbocycles. The lowest BCUT2D eigenvalue weighted by molar-refractivity contribution is -0.138. The standard InChI is InChI=1S/C18H24F3NO2.C16H20F3NO2/c1-4-22(14-8-6-5-7-9-14)16-11-13(18(19,20)21)10-15(12(16)2)17(23)24-3;1-10-13(15(21)22-2)8-11(16(17,18)19)9-14(10)20-12-6-4-3-5-7-12/h10-11,14H,4-9H2,1-3H3;8-9,12,20H,3-7H2,1-2H3. The van der Waals surface area contributed by atoms with Gasteiger partial charge in [0.05, 0.1) is 36.5 Å². The van der Waals surface area contributed by atoms with Gasteiger partial charge in [0.25, 0.3) is 0 Å². The van der Waals surface area contributed by atoms with E-state index in [-0.39, 0.29) is 23.2 Å². The number of methoxy groups -OCH3 is 2. The Morgan fingerprint density at radius 1 is 0.739 bits per heavy atom. The number of ether oxygens (including phenoxy) is 2. The highest BCUT2D eigenvalue weighted by molar-refractivity contribution is 5.94. The van der Waals surface area contributed by atoms with Crippen LogP contribution in [0.1, 0.15) is 114 Å². The van der Waals surface area contributed by atoms with Crippen LogP contribution in [0.4, 0.5) is 37.7 Å². The van der Waals surface area contributed by atoms with Crippen LogP contribution in [-0.4, -0.2) is 44.8 Å². The number of anilines is 2. The molecule has 12 heteroatoms. The molecular formula is C34H44F6N2O4. The first-order valence-corrected chi connectivity index (χ1v) is 15.8. The topological polar surface area (TPSA) is 67.9 Å². The molecule has 0 spiro atoms. The average Bonchev–Trinajstić information content (AvgIpc) is 3.02. The highest BCUT2D eigenvalue weighted by Crippen LogP contribution is 2.38. The van der Waals surface area contributed by atoms with Gasteiger partial charge in [-0.05, 0) is 81.8 Å². The van der Waals surface area contributed by atoms with Gasteiger partial charge in [-0.2, -0.15) is 26.3 Å². The molecular weight excluding hydrogens is 614 g/mol. The highest BCUT2D eigenvalue weighted by atomic mass is 19.4. The molecule has 2 fully saturated rings. The van der Waals surface area contributed by atoms with E-state index < -0.39 is 35.4 Å². The second kappa shape index (κ2) is 15.9. The van der Waals surface area contributed by atoms with Crippen molar-refractivity contribution in [3.05, 3.63) is 57.6 Å². The molecule has 0 heterocycles. The predicted octanol–water partition coefficient (Wildman–Crippen LogP) is 9.50. The van der Waals surface area contributed by atoms with Crippen LogP contribution in [0.25, 0.3) is 0 Å². The summed E-state index contributed by atoms with van der Waals surface area (Å²) in [4.78, 5) is 25.7. The summed E-state index contributed by atoms with van der Waals surface area (Å²) in [7, 11) is 2.34. The van der Waals surface area contributed by atoms with Crippen molar-refractivity contribution in [3.63, 3.8) is 0 Å². The van der Waals surface area contributed by atoms with E-state index in [2.05, 4.69) is 14.8 Å². The van der Waals surface area contributed by atoms with Gasteiger partial charge >= 0.3 is 24.3 Å². The van der Waals surface area contributed by atoms with Gasteiger partial charge in [-0.3, -0.25) is 0 Å². The molecule has 2 aliphatic rings. The normalized spacial score (nSPS) is 16.2. The van der Waals surface area contributed by atoms with Crippen LogP contribution in [0.15, 0.2) is 24.3 Å². The number of halogens is 6. The van der Waals surface area contributed by atoms with E-state index in [4.69, 9.17) is 0 Å². The molecule has 46 heavy (non-hydrogen) atoms. The third-order valence-electron chi connectivity index (χ3n) is 8.88. The summed E-state index contributed by atoms with van der Waals surface area (Å²) in [5, 5.41) is 3.17. The van der Waals surface area contributed by atoms with Crippen LogP contribution in [-0.2, 0) is 21.8 Å². The number of esters is 2. The van der Waals surface area contributed by atoms with Gasteiger partial charge in [0.2, 0.25) is 0 Å². The van der Waals surface area contributed by atoms with Crippen molar-refractivity contribution in [1.29, 1.82) is 0 Å². The van der Waals surface area contributed by atoms with E-state index in [1.54, 1.807) is 13.8 Å². The van der Waals surface area contributed by atoms with Crippen molar-refractivity contribution in [1.82, 2.24) is 0 Å². The van der Waals surface area contributed by atoms with Crippen LogP contribution >= 0.6 is 0 Å². The molecule has 6 nitrogen and oxygen atoms in total. The van der Waals surface area contributed by atoms with Crippen LogP contribution in [0, 0.1) is 13.8 Å². The maximum atomic E-state index is 13.3. The molecule has 2 aromatic rings. The Bertz CT molecular complexity index is 1350. The van der Waals surface area contributed by atoms with Gasteiger partial charge in [0, 0.05) is 30.0 Å². The third kappa shape index (κ3) is 9.31. The Kier molecular flexibility index (Phi) is 12.8. The number of rotatable bonds is 7. The number of alkyl halides is 6. The Labute approximate surface area is 266 Å². The summed E-state index contributed by atoms with van der Waals surface area (Å²) in [6.07, 6.45) is 1.44. The maximum absolute atomic E-state index is 13.3. The monoisotopic (exact) mass is 658 g/mol. The van der Waals surface area contributed by atoms with Crippen LogP contribution in [0.3, 0.4) is 0 Å². The number of nitrogens with zero attached hydrogens (tertiary/aromatic N) is 1. The van der Waals surface area contributed by atoms with Gasteiger partial charge in [-0.25, -0.2) is 9.59 Å². The van der Waals surface area contributed by atoms with E-state index in [0.717, 1.165) is 83.1 Å². The first kappa shape index (κ1) is 37.0. The quantitative estimate of drug-likeness (QED) is 0.236. The molecule has 2 aliphatic carbocycles. The highest BCUT2D eigenvalue weighted by Gasteiger charge is 2.35. The number of hydrogen-bond donors (Lipinski definition) is 1. The fourth-order valence-corrected chi connectivity index (χ4v) is 6.32. The second-order valence-electron chi connectivity index (χ2n) is 11.9. The summed E-state index contributed by atoms with van der Waals surface area (Å²) in [6.45, 7) is 5.87. The molecule has 0 unspecified atom stereocenters. The molecule has 0 radical (unpaired) electrons. The molecule has 1 N–H and O–H groups in total. The first-order chi connectivity index (χ1) is 21.6. The summed E-state index contributed by atoms with van der Waals surface area (Å²) in [5.74, 6) is -1.49. The van der Waals surface area contributed by atoms with Crippen molar-refractivity contribution in [2.75, 3.05) is 31.0 Å². The summed E-state index contributed by atoms with van der Waals surface area (Å²) < 4.78 is 88.3. The van der Waals surface area contributed by atoms with Crippen molar-refractivity contribution >= 4 is 23.3 Å². The molecule has 4 rings (SSSR count). The predicted molar refractivity (Wildman–Crippen MR) is 165 cm³/mol. The molecule has 0 aliphatic heterocycles. The zero-order valence-electron chi connectivity index (χ0n) is 27.1. The fraction of sp³-hybridized carbons (Fsp3) is 0.588. The summed E-state index contributed by atoms with van der Waals surface area (Å²) in [6, 6.07) is 4.36. The van der Waals surface area contributed by atoms with E-state index >= 15 is 0 Å². The van der Waals surface area contributed by atoms with Crippen LogP contribution in [0.2, 0.25) is 0 Å². The molecule has 0 bridgehead atoms. The van der Waals surface area contributed by atoms with Crippen molar-refractivity contribution in [2.24, 2.45) is 0 Å². The number of nitrogens with one attached hydrogen (secondary N) is 1. The summed E-state index contributed by atoms with van der Waals surface area (Å²) in [5.41, 5.74) is 0.177. The van der Waals surface area contributed by atoms with Crippen molar-refractivity contribution < 1.29 is 45.4 Å². The van der Waals surface area contributed by atoms with Crippen molar-refractivity contribution in [2.45, 2.75) is 109 Å². The van der Waals surface area contributed by atoms with E-state index in [0.29, 0.717) is 29.0 Å². The zero-order chi connectivity index (χ0) is 34.2. The lowest BCUT2D eigenvalue weighted by atomic mass is 9.92. The minimum atomic E-state index is -4.50. The maximum Gasteiger partial charge on any atom is 0.416 e. The molecule has 0 amide bonds. The molecule has 0 saturated heterocycles. The Hall–Kier alpha value is -3.44. The minimum absolute atomic E-state index is 0.0171. The van der Waals surface area contributed by atoms with Crippen LogP contribution in [0.5, 0.6) is 0 Å². The molecule has 0 aromatic heterocycles. The number of carbonyl (C=O) groups is 2. The van der Waals surface area contributed by atoms with E-state index in [1.165, 1.54) is 19.6 Å². The fourth-order valence-electron chi connectivity index (χ4n) is 6.32. The van der Waals surface area contributed by atoms with Gasteiger partial charge < -0.3 is 19.7 Å². The number of carbonyl (C=O) groups excluding carboxylic acids is 2. The molecule has 2 aromatic carbocycles.